The van der Waals surface area contributed by atoms with Crippen LogP contribution in [0.2, 0.25) is 0 Å². The molecule has 0 radical (unpaired) electrons. The number of hydrogen-bond acceptors (Lipinski definition) is 5. The molecule has 2 amide bonds. The van der Waals surface area contributed by atoms with E-state index in [4.69, 9.17) is 0 Å². The summed E-state index contributed by atoms with van der Waals surface area (Å²) in [6, 6.07) is 4.93. The number of imide groups is 1. The zero-order valence-corrected chi connectivity index (χ0v) is 13.9. The molecule has 130 valence electrons. The number of amides is 2. The second kappa shape index (κ2) is 7.38. The molecule has 0 aromatic heterocycles. The van der Waals surface area contributed by atoms with Crippen LogP contribution < -0.4 is 10.2 Å². The molecule has 1 aromatic rings. The molecule has 0 aliphatic carbocycles. The molecule has 3 rings (SSSR count). The Labute approximate surface area is 141 Å². The Morgan fingerprint density at radius 3 is 2.46 bits per heavy atom. The molecule has 24 heavy (non-hydrogen) atoms. The second-order valence-corrected chi connectivity index (χ2v) is 6.40. The van der Waals surface area contributed by atoms with Gasteiger partial charge in [0, 0.05) is 39.3 Å². The quantitative estimate of drug-likeness (QED) is 0.785. The van der Waals surface area contributed by atoms with Crippen molar-refractivity contribution in [3.8, 4) is 0 Å². The molecule has 0 bridgehead atoms. The number of rotatable bonds is 5. The highest BCUT2D eigenvalue weighted by molar-refractivity contribution is 6.22. The van der Waals surface area contributed by atoms with E-state index in [-0.39, 0.29) is 24.1 Å². The van der Waals surface area contributed by atoms with E-state index in [1.54, 1.807) is 0 Å². The molecule has 0 spiro atoms. The van der Waals surface area contributed by atoms with Crippen LogP contribution in [-0.2, 0) is 9.59 Å². The van der Waals surface area contributed by atoms with Gasteiger partial charge < -0.3 is 10.2 Å². The molecule has 7 heteroatoms. The number of likely N-dealkylation sites (N-methyl/N-ethyl adjacent to an activating group) is 1. The third-order valence-electron chi connectivity index (χ3n) is 4.65. The zero-order chi connectivity index (χ0) is 17.1. The maximum Gasteiger partial charge on any atom is 0.251 e. The van der Waals surface area contributed by atoms with Gasteiger partial charge >= 0.3 is 0 Å². The number of nitrogens with one attached hydrogen (secondary N) is 1. The summed E-state index contributed by atoms with van der Waals surface area (Å²) in [6.45, 7) is 5.69. The number of carbonyl (C=O) groups is 2. The molecule has 1 atom stereocenters. The lowest BCUT2D eigenvalue weighted by Gasteiger charge is -2.32. The van der Waals surface area contributed by atoms with Crippen LogP contribution >= 0.6 is 0 Å². The van der Waals surface area contributed by atoms with Crippen molar-refractivity contribution in [2.24, 2.45) is 0 Å². The van der Waals surface area contributed by atoms with Crippen molar-refractivity contribution in [1.82, 2.24) is 15.1 Å². The number of nitrogens with zero attached hydrogens (tertiary/aromatic N) is 3. The molecule has 2 heterocycles. The van der Waals surface area contributed by atoms with E-state index in [0.717, 1.165) is 37.6 Å². The van der Waals surface area contributed by atoms with Crippen LogP contribution in [0.1, 0.15) is 6.42 Å². The highest BCUT2D eigenvalue weighted by Gasteiger charge is 2.39. The minimum Gasteiger partial charge on any atom is -0.304 e. The lowest BCUT2D eigenvalue weighted by Crippen LogP contribution is -2.48. The van der Waals surface area contributed by atoms with Crippen LogP contribution in [0.25, 0.3) is 0 Å². The fourth-order valence-corrected chi connectivity index (χ4v) is 3.12. The van der Waals surface area contributed by atoms with Gasteiger partial charge in [-0.25, -0.2) is 9.29 Å². The molecule has 2 fully saturated rings. The van der Waals surface area contributed by atoms with Gasteiger partial charge in [-0.1, -0.05) is 0 Å². The van der Waals surface area contributed by atoms with E-state index in [2.05, 4.69) is 22.2 Å². The highest BCUT2D eigenvalue weighted by Crippen LogP contribution is 2.23. The molecule has 0 saturated carbocycles. The number of halogens is 1. The second-order valence-electron chi connectivity index (χ2n) is 6.40. The van der Waals surface area contributed by atoms with Crippen molar-refractivity contribution in [1.29, 1.82) is 0 Å². The van der Waals surface area contributed by atoms with Crippen LogP contribution in [-0.4, -0.2) is 74.0 Å². The summed E-state index contributed by atoms with van der Waals surface area (Å²) < 4.78 is 13.0. The van der Waals surface area contributed by atoms with Crippen LogP contribution in [0.15, 0.2) is 24.3 Å². The Morgan fingerprint density at radius 2 is 1.79 bits per heavy atom. The van der Waals surface area contributed by atoms with Crippen LogP contribution in [0.4, 0.5) is 10.1 Å². The minimum absolute atomic E-state index is 0.152. The number of anilines is 1. The first-order valence-electron chi connectivity index (χ1n) is 8.31. The van der Waals surface area contributed by atoms with Gasteiger partial charge in [-0.2, -0.15) is 0 Å². The van der Waals surface area contributed by atoms with E-state index in [1.165, 1.54) is 24.3 Å². The summed E-state index contributed by atoms with van der Waals surface area (Å²) in [5.74, 6) is -0.895. The zero-order valence-electron chi connectivity index (χ0n) is 13.9. The third-order valence-corrected chi connectivity index (χ3v) is 4.65. The fourth-order valence-electron chi connectivity index (χ4n) is 3.12. The molecule has 0 unspecified atom stereocenters. The summed E-state index contributed by atoms with van der Waals surface area (Å²) >= 11 is 0. The Morgan fingerprint density at radius 1 is 1.12 bits per heavy atom. The molecule has 2 aliphatic rings. The Bertz CT molecular complexity index is 599. The number of piperazine rings is 1. The predicted octanol–water partition coefficient (Wildman–Crippen LogP) is 0.295. The van der Waals surface area contributed by atoms with Gasteiger partial charge in [-0.05, 0) is 31.3 Å². The van der Waals surface area contributed by atoms with Gasteiger partial charge in [0.05, 0.1) is 18.2 Å². The van der Waals surface area contributed by atoms with Crippen LogP contribution in [0, 0.1) is 5.82 Å². The van der Waals surface area contributed by atoms with E-state index in [0.29, 0.717) is 12.2 Å². The van der Waals surface area contributed by atoms with Crippen LogP contribution in [0.3, 0.4) is 0 Å². The molecule has 1 N–H and O–H groups in total. The summed E-state index contributed by atoms with van der Waals surface area (Å²) in [6.07, 6.45) is 0.152. The van der Waals surface area contributed by atoms with Crippen molar-refractivity contribution in [3.05, 3.63) is 30.1 Å². The van der Waals surface area contributed by atoms with E-state index in [9.17, 15) is 14.0 Å². The predicted molar refractivity (Wildman–Crippen MR) is 89.2 cm³/mol. The molecule has 2 aliphatic heterocycles. The summed E-state index contributed by atoms with van der Waals surface area (Å²) in [5.41, 5.74) is 0.426. The fraction of sp³-hybridized carbons (Fsp3) is 0.529. The number of carbonyl (C=O) groups excluding carboxylic acids is 2. The molecule has 6 nitrogen and oxygen atoms in total. The standard InChI is InChI=1S/C17H23FN4O2/c1-20-8-10-21(11-9-20)7-6-19-15-12-16(23)22(17(15)24)14-4-2-13(18)3-5-14/h2-5,15,19H,6-12H2,1H3/t15-/m1/s1. The van der Waals surface area contributed by atoms with Gasteiger partial charge in [-0.15, -0.1) is 0 Å². The monoisotopic (exact) mass is 334 g/mol. The van der Waals surface area contributed by atoms with Gasteiger partial charge in [0.2, 0.25) is 5.91 Å². The van der Waals surface area contributed by atoms with Crippen molar-refractivity contribution in [2.45, 2.75) is 12.5 Å². The SMILES string of the molecule is CN1CCN(CCN[C@@H]2CC(=O)N(c3ccc(F)cc3)C2=O)CC1. The largest absolute Gasteiger partial charge is 0.304 e. The minimum atomic E-state index is -0.491. The van der Waals surface area contributed by atoms with E-state index < -0.39 is 6.04 Å². The topological polar surface area (TPSA) is 55.9 Å². The van der Waals surface area contributed by atoms with E-state index in [1.807, 2.05) is 0 Å². The lowest BCUT2D eigenvalue weighted by molar-refractivity contribution is -0.121. The van der Waals surface area contributed by atoms with Gasteiger partial charge in [0.15, 0.2) is 0 Å². The normalized spacial score (nSPS) is 23.2. The van der Waals surface area contributed by atoms with Gasteiger partial charge in [0.1, 0.15) is 5.82 Å². The van der Waals surface area contributed by atoms with Gasteiger partial charge in [0.25, 0.3) is 5.91 Å². The first kappa shape index (κ1) is 17.0. The molecular formula is C17H23FN4O2. The maximum atomic E-state index is 13.0. The Balaban J connectivity index is 1.51. The van der Waals surface area contributed by atoms with Gasteiger partial charge in [-0.3, -0.25) is 14.5 Å². The molecule has 2 saturated heterocycles. The van der Waals surface area contributed by atoms with Crippen molar-refractivity contribution < 1.29 is 14.0 Å². The lowest BCUT2D eigenvalue weighted by atomic mass is 10.2. The molecular weight excluding hydrogens is 311 g/mol. The summed E-state index contributed by atoms with van der Waals surface area (Å²) in [5, 5.41) is 3.19. The number of benzene rings is 1. The van der Waals surface area contributed by atoms with Crippen molar-refractivity contribution in [3.63, 3.8) is 0 Å². The third kappa shape index (κ3) is 3.80. The smallest absolute Gasteiger partial charge is 0.251 e. The Hall–Kier alpha value is -1.83. The first-order chi connectivity index (χ1) is 11.5. The average Bonchev–Trinajstić information content (AvgIpc) is 2.85. The number of hydrogen-bond donors (Lipinski definition) is 1. The Kier molecular flexibility index (Phi) is 5.23. The average molecular weight is 334 g/mol. The summed E-state index contributed by atoms with van der Waals surface area (Å²) in [4.78, 5) is 30.4. The first-order valence-corrected chi connectivity index (χ1v) is 8.31. The van der Waals surface area contributed by atoms with Crippen LogP contribution in [0.5, 0.6) is 0 Å². The van der Waals surface area contributed by atoms with E-state index >= 15 is 0 Å². The van der Waals surface area contributed by atoms with Crippen molar-refractivity contribution in [2.75, 3.05) is 51.2 Å². The maximum absolute atomic E-state index is 13.0. The highest BCUT2D eigenvalue weighted by atomic mass is 19.1. The molecule has 1 aromatic carbocycles. The summed E-state index contributed by atoms with van der Waals surface area (Å²) in [7, 11) is 2.11. The van der Waals surface area contributed by atoms with Crippen molar-refractivity contribution >= 4 is 17.5 Å².